The minimum absolute atomic E-state index is 0.00551. The molecule has 2 fully saturated rings. The SMILES string of the molecule is COc1ccc(Cn2c(CN3CCC[C@H](C(=O)N4CCN(C=O)CC4)C3)nc3ccccc32)cc1. The topological polar surface area (TPSA) is 70.9 Å². The fraction of sp³-hybridized carbons (Fsp3) is 0.444. The summed E-state index contributed by atoms with van der Waals surface area (Å²) < 4.78 is 7.60. The van der Waals surface area contributed by atoms with Crippen molar-refractivity contribution in [3.63, 3.8) is 0 Å². The van der Waals surface area contributed by atoms with Crippen LogP contribution >= 0.6 is 0 Å². The van der Waals surface area contributed by atoms with Crippen LogP contribution in [-0.4, -0.2) is 82.9 Å². The van der Waals surface area contributed by atoms with Crippen LogP contribution in [0.2, 0.25) is 0 Å². The number of benzene rings is 2. The predicted octanol–water partition coefficient (Wildman–Crippen LogP) is 2.61. The summed E-state index contributed by atoms with van der Waals surface area (Å²) in [7, 11) is 1.68. The smallest absolute Gasteiger partial charge is 0.227 e. The highest BCUT2D eigenvalue weighted by Gasteiger charge is 2.31. The maximum atomic E-state index is 13.2. The van der Waals surface area contributed by atoms with Gasteiger partial charge in [-0.25, -0.2) is 4.98 Å². The summed E-state index contributed by atoms with van der Waals surface area (Å²) in [6, 6.07) is 16.4. The van der Waals surface area contributed by atoms with Gasteiger partial charge in [0.1, 0.15) is 11.6 Å². The number of carbonyl (C=O) groups excluding carboxylic acids is 2. The van der Waals surface area contributed by atoms with E-state index in [0.717, 1.165) is 61.5 Å². The average Bonchev–Trinajstić information content (AvgIpc) is 3.25. The zero-order valence-electron chi connectivity index (χ0n) is 20.3. The molecular formula is C27H33N5O3. The van der Waals surface area contributed by atoms with Crippen molar-refractivity contribution in [1.29, 1.82) is 0 Å². The molecule has 3 aromatic rings. The molecule has 5 rings (SSSR count). The molecule has 0 unspecified atom stereocenters. The first-order valence-corrected chi connectivity index (χ1v) is 12.4. The minimum atomic E-state index is 0.00551. The van der Waals surface area contributed by atoms with Gasteiger partial charge in [0.05, 0.1) is 30.6 Å². The number of piperazine rings is 1. The first kappa shape index (κ1) is 23.4. The number of hydrogen-bond acceptors (Lipinski definition) is 5. The Labute approximate surface area is 206 Å². The number of likely N-dealkylation sites (tertiary alicyclic amines) is 1. The standard InChI is InChI=1S/C27H33N5O3/c1-35-23-10-8-21(9-11-23)17-32-25-7-3-2-6-24(25)28-26(32)19-30-12-4-5-22(18-30)27(34)31-15-13-29(20-33)14-16-31/h2-3,6-11,20,22H,4-5,12-19H2,1H3/t22-/m0/s1. The Morgan fingerprint density at radius 1 is 1.03 bits per heavy atom. The van der Waals surface area contributed by atoms with Gasteiger partial charge in [-0.1, -0.05) is 24.3 Å². The van der Waals surface area contributed by atoms with Gasteiger partial charge in [-0.2, -0.15) is 0 Å². The highest BCUT2D eigenvalue weighted by atomic mass is 16.5. The van der Waals surface area contributed by atoms with Gasteiger partial charge < -0.3 is 19.1 Å². The summed E-state index contributed by atoms with van der Waals surface area (Å²) in [6.45, 7) is 5.68. The Hall–Kier alpha value is -3.39. The van der Waals surface area contributed by atoms with Crippen LogP contribution in [-0.2, 0) is 22.7 Å². The maximum absolute atomic E-state index is 13.2. The zero-order valence-corrected chi connectivity index (χ0v) is 20.3. The van der Waals surface area contributed by atoms with E-state index in [1.807, 2.05) is 23.1 Å². The number of fused-ring (bicyclic) bond motifs is 1. The van der Waals surface area contributed by atoms with Crippen molar-refractivity contribution in [3.8, 4) is 5.75 Å². The fourth-order valence-corrected chi connectivity index (χ4v) is 5.24. The van der Waals surface area contributed by atoms with E-state index in [4.69, 9.17) is 9.72 Å². The molecule has 0 N–H and O–H groups in total. The molecule has 35 heavy (non-hydrogen) atoms. The lowest BCUT2D eigenvalue weighted by Crippen LogP contribution is -2.52. The van der Waals surface area contributed by atoms with Gasteiger partial charge in [0.15, 0.2) is 0 Å². The summed E-state index contributed by atoms with van der Waals surface area (Å²) in [4.78, 5) is 35.2. The molecule has 3 heterocycles. The fourth-order valence-electron chi connectivity index (χ4n) is 5.24. The lowest BCUT2D eigenvalue weighted by Gasteiger charge is -2.38. The first-order chi connectivity index (χ1) is 17.1. The summed E-state index contributed by atoms with van der Waals surface area (Å²) in [5.41, 5.74) is 3.31. The van der Waals surface area contributed by atoms with Crippen molar-refractivity contribution in [2.45, 2.75) is 25.9 Å². The molecule has 0 aliphatic carbocycles. The van der Waals surface area contributed by atoms with Gasteiger partial charge in [-0.15, -0.1) is 0 Å². The van der Waals surface area contributed by atoms with Gasteiger partial charge in [0.25, 0.3) is 0 Å². The number of imidazole rings is 1. The number of para-hydroxylation sites is 2. The lowest BCUT2D eigenvalue weighted by atomic mass is 9.96. The zero-order chi connectivity index (χ0) is 24.2. The Balaban J connectivity index is 1.31. The molecule has 8 heteroatoms. The number of aromatic nitrogens is 2. The lowest BCUT2D eigenvalue weighted by molar-refractivity contribution is -0.140. The van der Waals surface area contributed by atoms with E-state index in [0.29, 0.717) is 32.7 Å². The molecule has 2 aromatic carbocycles. The monoisotopic (exact) mass is 475 g/mol. The van der Waals surface area contributed by atoms with Crippen molar-refractivity contribution in [2.75, 3.05) is 46.4 Å². The molecule has 1 aromatic heterocycles. The maximum Gasteiger partial charge on any atom is 0.227 e. The Morgan fingerprint density at radius 2 is 1.80 bits per heavy atom. The summed E-state index contributed by atoms with van der Waals surface area (Å²) in [5.74, 6) is 2.11. The normalized spacial score (nSPS) is 19.2. The van der Waals surface area contributed by atoms with E-state index >= 15 is 0 Å². The first-order valence-electron chi connectivity index (χ1n) is 12.4. The van der Waals surface area contributed by atoms with E-state index in [-0.39, 0.29) is 11.8 Å². The summed E-state index contributed by atoms with van der Waals surface area (Å²) >= 11 is 0. The van der Waals surface area contributed by atoms with Crippen LogP contribution < -0.4 is 4.74 Å². The van der Waals surface area contributed by atoms with E-state index in [2.05, 4.69) is 39.8 Å². The highest BCUT2D eigenvalue weighted by molar-refractivity contribution is 5.79. The van der Waals surface area contributed by atoms with Crippen molar-refractivity contribution in [1.82, 2.24) is 24.3 Å². The van der Waals surface area contributed by atoms with E-state index < -0.39 is 0 Å². The van der Waals surface area contributed by atoms with Crippen LogP contribution in [0.1, 0.15) is 24.2 Å². The molecule has 2 saturated heterocycles. The van der Waals surface area contributed by atoms with Gasteiger partial charge in [0, 0.05) is 39.3 Å². The molecule has 184 valence electrons. The number of nitrogens with zero attached hydrogens (tertiary/aromatic N) is 5. The van der Waals surface area contributed by atoms with E-state index in [1.165, 1.54) is 5.56 Å². The van der Waals surface area contributed by atoms with Gasteiger partial charge in [-0.3, -0.25) is 14.5 Å². The molecule has 2 aliphatic heterocycles. The third-order valence-corrected chi connectivity index (χ3v) is 7.23. The number of methoxy groups -OCH3 is 1. The number of carbonyl (C=O) groups is 2. The number of ether oxygens (including phenoxy) is 1. The second kappa shape index (κ2) is 10.5. The number of amides is 2. The van der Waals surface area contributed by atoms with Crippen molar-refractivity contribution < 1.29 is 14.3 Å². The molecule has 0 saturated carbocycles. The predicted molar refractivity (Wildman–Crippen MR) is 134 cm³/mol. The highest BCUT2D eigenvalue weighted by Crippen LogP contribution is 2.24. The molecule has 2 amide bonds. The van der Waals surface area contributed by atoms with Gasteiger partial charge >= 0.3 is 0 Å². The summed E-state index contributed by atoms with van der Waals surface area (Å²) in [5, 5.41) is 0. The van der Waals surface area contributed by atoms with Gasteiger partial charge in [-0.05, 0) is 49.2 Å². The van der Waals surface area contributed by atoms with Crippen LogP contribution in [0.5, 0.6) is 5.75 Å². The molecule has 0 radical (unpaired) electrons. The summed E-state index contributed by atoms with van der Waals surface area (Å²) in [6.07, 6.45) is 2.80. The Morgan fingerprint density at radius 3 is 2.54 bits per heavy atom. The van der Waals surface area contributed by atoms with E-state index in [9.17, 15) is 9.59 Å². The van der Waals surface area contributed by atoms with Crippen LogP contribution in [0.3, 0.4) is 0 Å². The number of piperidine rings is 1. The second-order valence-electron chi connectivity index (χ2n) is 9.49. The molecule has 1 atom stereocenters. The molecule has 0 bridgehead atoms. The van der Waals surface area contributed by atoms with Crippen LogP contribution in [0.25, 0.3) is 11.0 Å². The molecule has 0 spiro atoms. The minimum Gasteiger partial charge on any atom is -0.497 e. The Kier molecular flexibility index (Phi) is 6.99. The van der Waals surface area contributed by atoms with Crippen molar-refractivity contribution in [2.24, 2.45) is 5.92 Å². The van der Waals surface area contributed by atoms with Crippen LogP contribution in [0.15, 0.2) is 48.5 Å². The number of rotatable bonds is 7. The van der Waals surface area contributed by atoms with Crippen LogP contribution in [0, 0.1) is 5.92 Å². The van der Waals surface area contributed by atoms with Crippen LogP contribution in [0.4, 0.5) is 0 Å². The molecule has 2 aliphatic rings. The second-order valence-corrected chi connectivity index (χ2v) is 9.49. The molecular weight excluding hydrogens is 442 g/mol. The van der Waals surface area contributed by atoms with E-state index in [1.54, 1.807) is 12.0 Å². The third kappa shape index (κ3) is 5.17. The van der Waals surface area contributed by atoms with Crippen molar-refractivity contribution >= 4 is 23.4 Å². The Bertz CT molecular complexity index is 1170. The molecule has 8 nitrogen and oxygen atoms in total. The van der Waals surface area contributed by atoms with Crippen molar-refractivity contribution in [3.05, 3.63) is 59.9 Å². The quantitative estimate of drug-likeness (QED) is 0.492. The average molecular weight is 476 g/mol. The van der Waals surface area contributed by atoms with Gasteiger partial charge in [0.2, 0.25) is 12.3 Å². The third-order valence-electron chi connectivity index (χ3n) is 7.23. The largest absolute Gasteiger partial charge is 0.497 e. The number of hydrogen-bond donors (Lipinski definition) is 0.